The summed E-state index contributed by atoms with van der Waals surface area (Å²) in [4.78, 5) is 50.7. The van der Waals surface area contributed by atoms with Crippen LogP contribution in [0.1, 0.15) is 63.0 Å². The summed E-state index contributed by atoms with van der Waals surface area (Å²) in [6.45, 7) is 5.69. The van der Waals surface area contributed by atoms with Gasteiger partial charge in [-0.2, -0.15) is 0 Å². The number of rotatable bonds is 6. The molecule has 0 spiro atoms. The van der Waals surface area contributed by atoms with Gasteiger partial charge in [0.15, 0.2) is 18.1 Å². The molecule has 0 radical (unpaired) electrons. The molecule has 1 aromatic heterocycles. The Labute approximate surface area is 251 Å². The Kier molecular flexibility index (Phi) is 7.72. The van der Waals surface area contributed by atoms with E-state index in [0.29, 0.717) is 4.34 Å². The van der Waals surface area contributed by atoms with Gasteiger partial charge >= 0.3 is 12.1 Å². The van der Waals surface area contributed by atoms with Gasteiger partial charge in [-0.05, 0) is 62.0 Å². The normalized spacial score (nSPS) is 40.3. The average Bonchev–Trinajstić information content (AvgIpc) is 3.45. The molecule has 3 saturated carbocycles. The fraction of sp³-hybridized carbons (Fsp3) is 0.600. The van der Waals surface area contributed by atoms with Crippen LogP contribution >= 0.6 is 22.9 Å². The number of ketones is 2. The van der Waals surface area contributed by atoms with Crippen molar-refractivity contribution in [3.05, 3.63) is 45.1 Å². The van der Waals surface area contributed by atoms with Crippen molar-refractivity contribution in [2.45, 2.75) is 77.1 Å². The lowest BCUT2D eigenvalue weighted by atomic mass is 9.45. The first-order valence-electron chi connectivity index (χ1n) is 14.0. The van der Waals surface area contributed by atoms with Crippen molar-refractivity contribution in [2.24, 2.45) is 28.6 Å². The molecule has 0 aromatic carbocycles. The number of alkyl halides is 2. The molecule has 1 heterocycles. The van der Waals surface area contributed by atoms with E-state index in [9.17, 15) is 24.3 Å². The van der Waals surface area contributed by atoms with Crippen LogP contribution in [0, 0.1) is 28.6 Å². The van der Waals surface area contributed by atoms with Crippen LogP contribution in [0.25, 0.3) is 0 Å². The van der Waals surface area contributed by atoms with Crippen molar-refractivity contribution in [3.63, 3.8) is 0 Å². The van der Waals surface area contributed by atoms with Crippen LogP contribution in [0.4, 0.5) is 13.6 Å². The molecule has 4 aliphatic rings. The molecular weight excluding hydrogens is 594 g/mol. The number of hydrogen-bond donors (Lipinski definition) is 1. The molecule has 0 unspecified atom stereocenters. The lowest BCUT2D eigenvalue weighted by Crippen LogP contribution is -2.70. The van der Waals surface area contributed by atoms with Gasteiger partial charge in [-0.3, -0.25) is 14.4 Å². The van der Waals surface area contributed by atoms with E-state index in [1.54, 1.807) is 20.8 Å². The van der Waals surface area contributed by atoms with Gasteiger partial charge in [0.1, 0.15) is 6.17 Å². The number of allylic oxidation sites excluding steroid dienone is 4. The number of Topliss-reactive ketones (excluding diaryl/α,β-unsaturated/α-hetero) is 1. The van der Waals surface area contributed by atoms with Crippen molar-refractivity contribution < 1.29 is 47.3 Å². The Balaban J connectivity index is 1.49. The van der Waals surface area contributed by atoms with E-state index >= 15 is 8.78 Å². The lowest BCUT2D eigenvalue weighted by molar-refractivity contribution is -0.300. The van der Waals surface area contributed by atoms with Gasteiger partial charge in [0.2, 0.25) is 5.78 Å². The fourth-order valence-electron chi connectivity index (χ4n) is 8.00. The summed E-state index contributed by atoms with van der Waals surface area (Å²) in [5.74, 6) is -6.15. The number of aliphatic hydroxyl groups excluding tert-OH is 1. The quantitative estimate of drug-likeness (QED) is 0.234. The number of halogens is 3. The van der Waals surface area contributed by atoms with Crippen LogP contribution in [-0.4, -0.2) is 59.1 Å². The van der Waals surface area contributed by atoms with Gasteiger partial charge in [-0.1, -0.05) is 38.4 Å². The predicted octanol–water partition coefficient (Wildman–Crippen LogP) is 5.95. The van der Waals surface area contributed by atoms with Crippen LogP contribution in [-0.2, 0) is 23.8 Å². The minimum Gasteiger partial charge on any atom is -0.426 e. The Morgan fingerprint density at radius 1 is 1.17 bits per heavy atom. The maximum Gasteiger partial charge on any atom is 0.512 e. The third kappa shape index (κ3) is 4.37. The Bertz CT molecular complexity index is 1390. The lowest BCUT2D eigenvalue weighted by Gasteiger charge is -2.62. The molecular formula is C30H33ClF2O8S. The van der Waals surface area contributed by atoms with Crippen LogP contribution in [0.15, 0.2) is 35.9 Å². The molecule has 0 aliphatic heterocycles. The van der Waals surface area contributed by atoms with E-state index in [0.717, 1.165) is 17.4 Å². The minimum absolute atomic E-state index is 0.0114. The number of aliphatic hydroxyl groups is 1. The van der Waals surface area contributed by atoms with E-state index in [-0.39, 0.29) is 36.1 Å². The molecule has 0 bridgehead atoms. The Morgan fingerprint density at radius 3 is 2.52 bits per heavy atom. The van der Waals surface area contributed by atoms with Gasteiger partial charge in [-0.25, -0.2) is 13.6 Å². The Hall–Kier alpha value is -2.63. The molecule has 0 saturated heterocycles. The summed E-state index contributed by atoms with van der Waals surface area (Å²) in [6.07, 6.45) is -1.50. The monoisotopic (exact) mass is 626 g/mol. The third-order valence-corrected chi connectivity index (χ3v) is 11.3. The zero-order valence-electron chi connectivity index (χ0n) is 23.7. The summed E-state index contributed by atoms with van der Waals surface area (Å²) in [7, 11) is 0. The highest BCUT2D eigenvalue weighted by molar-refractivity contribution is 7.18. The molecule has 9 atom stereocenters. The molecule has 1 N–H and O–H groups in total. The fourth-order valence-corrected chi connectivity index (χ4v) is 8.96. The molecule has 5 rings (SSSR count). The highest BCUT2D eigenvalue weighted by Gasteiger charge is 2.78. The molecule has 4 aliphatic carbocycles. The number of fused-ring (bicyclic) bond motifs is 5. The zero-order chi connectivity index (χ0) is 30.8. The largest absolute Gasteiger partial charge is 0.512 e. The molecule has 8 nitrogen and oxygen atoms in total. The maximum atomic E-state index is 17.5. The first kappa shape index (κ1) is 30.8. The summed E-state index contributed by atoms with van der Waals surface area (Å²) in [5.41, 5.74) is -5.32. The van der Waals surface area contributed by atoms with Crippen molar-refractivity contribution >= 4 is 46.6 Å². The standard InChI is InChI=1S/C30H33ClF2O8S/c1-5-25(37)40-30(41-26(38)39-14-21(35)22-6-7-24(31)42-22)15(2)10-17-18-12-20(32)19-11-16(34)8-9-27(19,3)29(18,33)23(36)13-28(17,30)4/h6-9,11,15,17-18,20,23,36H,5,10,12-14H2,1-4H3/t15-,17+,18+,20+,23+,27+,28+,29+,30+/m1/s1. The average molecular weight is 627 g/mol. The predicted molar refractivity (Wildman–Crippen MR) is 148 cm³/mol. The number of carbonyl (C=O) groups excluding carboxylic acids is 4. The Morgan fingerprint density at radius 2 is 1.88 bits per heavy atom. The van der Waals surface area contributed by atoms with E-state index < -0.39 is 82.6 Å². The van der Waals surface area contributed by atoms with E-state index in [4.69, 9.17) is 25.8 Å². The molecule has 42 heavy (non-hydrogen) atoms. The van der Waals surface area contributed by atoms with Crippen LogP contribution in [0.5, 0.6) is 0 Å². The van der Waals surface area contributed by atoms with Gasteiger partial charge in [-0.15, -0.1) is 11.3 Å². The molecule has 12 heteroatoms. The number of ether oxygens (including phenoxy) is 3. The van der Waals surface area contributed by atoms with Crippen LogP contribution in [0.2, 0.25) is 4.34 Å². The second kappa shape index (κ2) is 10.5. The summed E-state index contributed by atoms with van der Waals surface area (Å²) < 4.78 is 50.4. The number of carbonyl (C=O) groups is 4. The second-order valence-corrected chi connectivity index (χ2v) is 13.9. The maximum absolute atomic E-state index is 17.5. The smallest absolute Gasteiger partial charge is 0.426 e. The van der Waals surface area contributed by atoms with Crippen LogP contribution in [0.3, 0.4) is 0 Å². The van der Waals surface area contributed by atoms with Gasteiger partial charge in [0.05, 0.1) is 20.7 Å². The van der Waals surface area contributed by atoms with Crippen molar-refractivity contribution in [1.82, 2.24) is 0 Å². The third-order valence-electron chi connectivity index (χ3n) is 10.0. The summed E-state index contributed by atoms with van der Waals surface area (Å²) in [5, 5.41) is 11.6. The molecule has 228 valence electrons. The van der Waals surface area contributed by atoms with Crippen molar-refractivity contribution in [3.8, 4) is 0 Å². The highest BCUT2D eigenvalue weighted by Crippen LogP contribution is 2.71. The number of esters is 1. The topological polar surface area (TPSA) is 116 Å². The molecule has 1 aromatic rings. The molecule has 0 amide bonds. The SMILES string of the molecule is CCC(=O)O[C@]1(OC(=O)OCC(=O)c2ccc(Cl)s2)[C@H](C)C[C@H]2[C@@H]3C[C@H](F)C4=CC(=O)C=C[C@]4(C)[C@@]3(F)[C@@H](O)C[C@@]21C. The second-order valence-electron chi connectivity index (χ2n) is 12.2. The number of hydrogen-bond acceptors (Lipinski definition) is 9. The van der Waals surface area contributed by atoms with Crippen LogP contribution < -0.4 is 0 Å². The van der Waals surface area contributed by atoms with E-state index in [1.807, 2.05) is 0 Å². The van der Waals surface area contributed by atoms with E-state index in [2.05, 4.69) is 0 Å². The first-order valence-corrected chi connectivity index (χ1v) is 15.1. The summed E-state index contributed by atoms with van der Waals surface area (Å²) >= 11 is 6.90. The van der Waals surface area contributed by atoms with Crippen molar-refractivity contribution in [2.75, 3.05) is 6.61 Å². The zero-order valence-corrected chi connectivity index (χ0v) is 25.2. The van der Waals surface area contributed by atoms with Gasteiger partial charge in [0, 0.05) is 23.7 Å². The highest BCUT2D eigenvalue weighted by atomic mass is 35.5. The van der Waals surface area contributed by atoms with Gasteiger partial charge < -0.3 is 19.3 Å². The van der Waals surface area contributed by atoms with Gasteiger partial charge in [0.25, 0.3) is 5.79 Å². The first-order chi connectivity index (χ1) is 19.6. The van der Waals surface area contributed by atoms with E-state index in [1.165, 1.54) is 31.2 Å². The summed E-state index contributed by atoms with van der Waals surface area (Å²) in [6, 6.07) is 3.03. The number of thiophene rings is 1. The van der Waals surface area contributed by atoms with Crippen molar-refractivity contribution in [1.29, 1.82) is 0 Å². The minimum atomic E-state index is -2.36. The molecule has 3 fully saturated rings.